The van der Waals surface area contributed by atoms with Crippen LogP contribution in [0.2, 0.25) is 0 Å². The van der Waals surface area contributed by atoms with E-state index in [1.807, 2.05) is 17.5 Å². The van der Waals surface area contributed by atoms with Crippen molar-refractivity contribution in [1.82, 2.24) is 0 Å². The molecule has 0 aliphatic heterocycles. The van der Waals surface area contributed by atoms with Crippen molar-refractivity contribution in [2.45, 2.75) is 4.90 Å². The summed E-state index contributed by atoms with van der Waals surface area (Å²) >= 11 is 1.52. The molecule has 1 aromatic carbocycles. The number of carbonyl (C=O) groups excluding carboxylic acids is 1. The van der Waals surface area contributed by atoms with E-state index >= 15 is 0 Å². The molecule has 0 unspecified atom stereocenters. The van der Waals surface area contributed by atoms with Crippen molar-refractivity contribution in [3.8, 4) is 0 Å². The summed E-state index contributed by atoms with van der Waals surface area (Å²) in [5, 5.41) is 4.49. The molecule has 104 valence electrons. The summed E-state index contributed by atoms with van der Waals surface area (Å²) in [5.74, 6) is -0.366. The summed E-state index contributed by atoms with van der Waals surface area (Å²) in [6, 6.07) is 10.1. The van der Waals surface area contributed by atoms with E-state index in [1.165, 1.54) is 23.5 Å². The Morgan fingerprint density at radius 3 is 2.60 bits per heavy atom. The average molecular weight is 307 g/mol. The van der Waals surface area contributed by atoms with E-state index < -0.39 is 9.84 Å². The third-order valence-electron chi connectivity index (χ3n) is 2.49. The molecule has 0 aliphatic carbocycles. The fraction of sp³-hybridized carbons (Fsp3) is 0.0714. The van der Waals surface area contributed by atoms with Gasteiger partial charge in [0.2, 0.25) is 5.91 Å². The van der Waals surface area contributed by atoms with Gasteiger partial charge in [-0.1, -0.05) is 18.2 Å². The van der Waals surface area contributed by atoms with Gasteiger partial charge in [0, 0.05) is 17.2 Å². The first kappa shape index (κ1) is 14.5. The number of benzene rings is 1. The maximum absolute atomic E-state index is 11.8. The minimum absolute atomic E-state index is 0.109. The Morgan fingerprint density at radius 2 is 1.95 bits per heavy atom. The van der Waals surface area contributed by atoms with Gasteiger partial charge in [-0.25, -0.2) is 8.42 Å². The molecule has 0 radical (unpaired) electrons. The van der Waals surface area contributed by atoms with Crippen LogP contribution in [0.25, 0.3) is 6.08 Å². The van der Waals surface area contributed by atoms with Gasteiger partial charge >= 0.3 is 0 Å². The molecule has 1 N–H and O–H groups in total. The fourth-order valence-electron chi connectivity index (χ4n) is 1.61. The highest BCUT2D eigenvalue weighted by atomic mass is 32.2. The summed E-state index contributed by atoms with van der Waals surface area (Å²) in [6.07, 6.45) is 4.17. The predicted octanol–water partition coefficient (Wildman–Crippen LogP) is 2.80. The Kier molecular flexibility index (Phi) is 4.36. The number of thiophene rings is 1. The van der Waals surface area contributed by atoms with Crippen LogP contribution in [0.3, 0.4) is 0 Å². The topological polar surface area (TPSA) is 63.2 Å². The molecule has 0 atom stereocenters. The number of rotatable bonds is 4. The Balaban J connectivity index is 2.17. The molecule has 1 amide bonds. The van der Waals surface area contributed by atoms with Crippen LogP contribution in [0.4, 0.5) is 5.69 Å². The van der Waals surface area contributed by atoms with Gasteiger partial charge in [-0.2, -0.15) is 0 Å². The zero-order chi connectivity index (χ0) is 14.6. The lowest BCUT2D eigenvalue weighted by molar-refractivity contribution is -0.111. The summed E-state index contributed by atoms with van der Waals surface area (Å²) in [6.45, 7) is 0. The summed E-state index contributed by atoms with van der Waals surface area (Å²) in [7, 11) is -3.37. The summed E-state index contributed by atoms with van der Waals surface area (Å²) in [5.41, 5.74) is 0.288. The third-order valence-corrected chi connectivity index (χ3v) is 4.48. The number of amides is 1. The molecular weight excluding hydrogens is 294 g/mol. The molecule has 0 bridgehead atoms. The van der Waals surface area contributed by atoms with Gasteiger partial charge in [0.15, 0.2) is 9.84 Å². The van der Waals surface area contributed by atoms with Crippen molar-refractivity contribution in [3.05, 3.63) is 52.7 Å². The van der Waals surface area contributed by atoms with E-state index in [4.69, 9.17) is 0 Å². The molecule has 0 saturated carbocycles. The lowest BCUT2D eigenvalue weighted by Gasteiger charge is -2.07. The molecule has 0 aliphatic rings. The van der Waals surface area contributed by atoms with Gasteiger partial charge in [-0.05, 0) is 29.7 Å². The third kappa shape index (κ3) is 3.79. The van der Waals surface area contributed by atoms with Gasteiger partial charge in [-0.15, -0.1) is 11.3 Å². The van der Waals surface area contributed by atoms with Crippen molar-refractivity contribution in [2.24, 2.45) is 0 Å². The number of sulfone groups is 1. The van der Waals surface area contributed by atoms with Crippen LogP contribution in [0.15, 0.2) is 52.7 Å². The van der Waals surface area contributed by atoms with Crippen molar-refractivity contribution in [1.29, 1.82) is 0 Å². The minimum atomic E-state index is -3.37. The second kappa shape index (κ2) is 6.02. The van der Waals surface area contributed by atoms with Crippen LogP contribution in [0.1, 0.15) is 4.88 Å². The minimum Gasteiger partial charge on any atom is -0.321 e. The molecule has 2 aromatic rings. The van der Waals surface area contributed by atoms with E-state index in [1.54, 1.807) is 24.3 Å². The zero-order valence-corrected chi connectivity index (χ0v) is 12.4. The van der Waals surface area contributed by atoms with Crippen LogP contribution in [0.5, 0.6) is 0 Å². The van der Waals surface area contributed by atoms with Gasteiger partial charge in [-0.3, -0.25) is 4.79 Å². The molecule has 0 saturated heterocycles. The van der Waals surface area contributed by atoms with Crippen molar-refractivity contribution in [3.63, 3.8) is 0 Å². The molecule has 1 heterocycles. The van der Waals surface area contributed by atoms with E-state index in [9.17, 15) is 13.2 Å². The van der Waals surface area contributed by atoms with E-state index in [0.717, 1.165) is 11.1 Å². The normalized spacial score (nSPS) is 11.7. The van der Waals surface area contributed by atoms with E-state index in [0.29, 0.717) is 0 Å². The molecular formula is C14H13NO3S2. The van der Waals surface area contributed by atoms with Crippen molar-refractivity contribution < 1.29 is 13.2 Å². The van der Waals surface area contributed by atoms with Crippen LogP contribution < -0.4 is 5.32 Å². The highest BCUT2D eigenvalue weighted by Gasteiger charge is 2.13. The lowest BCUT2D eigenvalue weighted by atomic mass is 10.3. The number of hydrogen-bond donors (Lipinski definition) is 1. The number of carbonyl (C=O) groups is 1. The molecule has 0 fully saturated rings. The van der Waals surface area contributed by atoms with Crippen LogP contribution in [0, 0.1) is 0 Å². The van der Waals surface area contributed by atoms with Crippen LogP contribution in [-0.2, 0) is 14.6 Å². The Morgan fingerprint density at radius 1 is 1.20 bits per heavy atom. The molecule has 1 aromatic heterocycles. The molecule has 20 heavy (non-hydrogen) atoms. The maximum atomic E-state index is 11.8. The fourth-order valence-corrected chi connectivity index (χ4v) is 3.07. The highest BCUT2D eigenvalue weighted by molar-refractivity contribution is 7.90. The van der Waals surface area contributed by atoms with Gasteiger partial charge in [0.1, 0.15) is 0 Å². The smallest absolute Gasteiger partial charge is 0.248 e. The van der Waals surface area contributed by atoms with E-state index in [2.05, 4.69) is 5.32 Å². The number of nitrogens with one attached hydrogen (secondary N) is 1. The highest BCUT2D eigenvalue weighted by Crippen LogP contribution is 2.20. The zero-order valence-electron chi connectivity index (χ0n) is 10.7. The molecule has 2 rings (SSSR count). The summed E-state index contributed by atoms with van der Waals surface area (Å²) in [4.78, 5) is 12.9. The molecule has 6 heteroatoms. The number of anilines is 1. The largest absolute Gasteiger partial charge is 0.321 e. The monoisotopic (exact) mass is 307 g/mol. The molecule has 0 spiro atoms. The quantitative estimate of drug-likeness (QED) is 0.883. The Labute approximate surface area is 121 Å². The van der Waals surface area contributed by atoms with Gasteiger partial charge < -0.3 is 5.32 Å². The second-order valence-electron chi connectivity index (χ2n) is 4.11. The van der Waals surface area contributed by atoms with Crippen molar-refractivity contribution >= 4 is 38.8 Å². The molecule has 4 nitrogen and oxygen atoms in total. The second-order valence-corrected chi connectivity index (χ2v) is 7.07. The first-order chi connectivity index (χ1) is 9.47. The average Bonchev–Trinajstić information content (AvgIpc) is 2.89. The number of hydrogen-bond acceptors (Lipinski definition) is 4. The van der Waals surface area contributed by atoms with Gasteiger partial charge in [0.25, 0.3) is 0 Å². The first-order valence-electron chi connectivity index (χ1n) is 5.78. The Bertz CT molecular complexity index is 732. The van der Waals surface area contributed by atoms with Gasteiger partial charge in [0.05, 0.1) is 10.6 Å². The first-order valence-corrected chi connectivity index (χ1v) is 8.55. The Hall–Kier alpha value is -1.92. The lowest BCUT2D eigenvalue weighted by Crippen LogP contribution is -2.11. The van der Waals surface area contributed by atoms with Crippen molar-refractivity contribution in [2.75, 3.05) is 11.6 Å². The van der Waals surface area contributed by atoms with E-state index in [-0.39, 0.29) is 16.5 Å². The van der Waals surface area contributed by atoms with Crippen LogP contribution >= 0.6 is 11.3 Å². The standard InChI is InChI=1S/C14H13NO3S2/c1-20(17,18)13-7-3-2-6-12(13)15-14(16)9-8-11-5-4-10-19-11/h2-10H,1H3,(H,15,16)/b9-8+. The predicted molar refractivity (Wildman–Crippen MR) is 81.5 cm³/mol. The van der Waals surface area contributed by atoms with Crippen LogP contribution in [-0.4, -0.2) is 20.6 Å². The maximum Gasteiger partial charge on any atom is 0.248 e. The number of para-hydroxylation sites is 1. The summed E-state index contributed by atoms with van der Waals surface area (Å²) < 4.78 is 23.2. The SMILES string of the molecule is CS(=O)(=O)c1ccccc1NC(=O)/C=C/c1cccs1.